The van der Waals surface area contributed by atoms with E-state index in [-0.39, 0.29) is 16.7 Å². The van der Waals surface area contributed by atoms with Gasteiger partial charge in [-0.1, -0.05) is 91.0 Å². The zero-order chi connectivity index (χ0) is 24.9. The molecule has 5 nitrogen and oxygen atoms in total. The fourth-order valence-electron chi connectivity index (χ4n) is 3.39. The second-order valence-electron chi connectivity index (χ2n) is 7.32. The molecule has 0 spiro atoms. The molecule has 3 aromatic carbocycles. The number of rotatable bonds is 10. The number of aliphatic hydroxyl groups excluding tert-OH is 2. The Hall–Kier alpha value is -2.83. The standard InChI is InChI=1S/C26H28O5/c27-19-24(29)26(31,18-22-14-8-3-9-15-22)25(30,17-21-12-6-2-7-13-21)23(28)16-20-10-4-1-5-11-20/h1-15,24,27,29-31H,16-19H2/t24-,25-,26+/m1/s1/i16D,17D,18D/t16?,17?,18?,24-,25-,26+. The number of ketones is 1. The molecule has 4 N–H and O–H groups in total. The van der Waals surface area contributed by atoms with Crippen molar-refractivity contribution in [2.45, 2.75) is 36.5 Å². The van der Waals surface area contributed by atoms with Gasteiger partial charge in [0.25, 0.3) is 0 Å². The highest BCUT2D eigenvalue weighted by Gasteiger charge is 2.57. The summed E-state index contributed by atoms with van der Waals surface area (Å²) < 4.78 is 26.2. The molecule has 3 aromatic rings. The predicted octanol–water partition coefficient (Wildman–Crippen LogP) is 2.10. The van der Waals surface area contributed by atoms with Crippen LogP contribution in [0, 0.1) is 0 Å². The largest absolute Gasteiger partial charge is 0.394 e. The van der Waals surface area contributed by atoms with Gasteiger partial charge in [-0.3, -0.25) is 4.79 Å². The van der Waals surface area contributed by atoms with Crippen LogP contribution in [0.4, 0.5) is 0 Å². The summed E-state index contributed by atoms with van der Waals surface area (Å²) in [6.07, 6.45) is -7.64. The Morgan fingerprint density at radius 2 is 1.19 bits per heavy atom. The summed E-state index contributed by atoms with van der Waals surface area (Å²) in [7, 11) is 0. The maximum absolute atomic E-state index is 13.8. The van der Waals surface area contributed by atoms with E-state index in [2.05, 4.69) is 0 Å². The van der Waals surface area contributed by atoms with Crippen LogP contribution in [0.25, 0.3) is 0 Å². The molecule has 3 rings (SSSR count). The Kier molecular flexibility index (Phi) is 6.09. The zero-order valence-electron chi connectivity index (χ0n) is 19.9. The van der Waals surface area contributed by atoms with Gasteiger partial charge in [0, 0.05) is 23.3 Å². The molecule has 0 amide bonds. The second-order valence-corrected chi connectivity index (χ2v) is 7.32. The average molecular weight is 424 g/mol. The summed E-state index contributed by atoms with van der Waals surface area (Å²) in [6.45, 7) is -1.09. The molecular weight excluding hydrogens is 392 g/mol. The van der Waals surface area contributed by atoms with Crippen molar-refractivity contribution in [3.8, 4) is 0 Å². The monoisotopic (exact) mass is 423 g/mol. The molecule has 0 radical (unpaired) electrons. The van der Waals surface area contributed by atoms with Crippen LogP contribution in [0.1, 0.15) is 20.8 Å². The van der Waals surface area contributed by atoms with Crippen molar-refractivity contribution in [1.82, 2.24) is 0 Å². The molecule has 162 valence electrons. The molecule has 31 heavy (non-hydrogen) atoms. The normalized spacial score (nSPS) is 20.6. The maximum Gasteiger partial charge on any atom is 0.172 e. The fourth-order valence-corrected chi connectivity index (χ4v) is 3.39. The molecular formula is C26H28O5. The van der Waals surface area contributed by atoms with Gasteiger partial charge in [0.15, 0.2) is 11.4 Å². The summed E-state index contributed by atoms with van der Waals surface area (Å²) in [4.78, 5) is 13.8. The molecule has 5 heteroatoms. The first-order chi connectivity index (χ1) is 16.2. The molecule has 0 saturated heterocycles. The number of Topliss-reactive ketones (excluding diaryl/α,β-unsaturated/α-hetero) is 1. The van der Waals surface area contributed by atoms with E-state index in [1.165, 1.54) is 36.4 Å². The lowest BCUT2D eigenvalue weighted by Crippen LogP contribution is -2.68. The van der Waals surface area contributed by atoms with Crippen molar-refractivity contribution in [2.75, 3.05) is 6.61 Å². The minimum Gasteiger partial charge on any atom is -0.394 e. The molecule has 0 aromatic heterocycles. The minimum atomic E-state index is -3.15. The van der Waals surface area contributed by atoms with E-state index in [1.54, 1.807) is 54.6 Å². The number of aliphatic hydroxyl groups is 4. The molecule has 0 heterocycles. The highest BCUT2D eigenvalue weighted by molar-refractivity contribution is 5.91. The predicted molar refractivity (Wildman–Crippen MR) is 118 cm³/mol. The van der Waals surface area contributed by atoms with Crippen molar-refractivity contribution in [3.63, 3.8) is 0 Å². The molecule has 0 saturated carbocycles. The number of carbonyl (C=O) groups excluding carboxylic acids is 1. The van der Waals surface area contributed by atoms with Gasteiger partial charge in [-0.25, -0.2) is 0 Å². The van der Waals surface area contributed by atoms with Crippen LogP contribution in [-0.4, -0.2) is 50.1 Å². The van der Waals surface area contributed by atoms with Gasteiger partial charge in [-0.2, -0.15) is 0 Å². The zero-order valence-corrected chi connectivity index (χ0v) is 16.9. The van der Waals surface area contributed by atoms with Gasteiger partial charge in [-0.15, -0.1) is 0 Å². The van der Waals surface area contributed by atoms with Crippen molar-refractivity contribution in [1.29, 1.82) is 0 Å². The molecule has 6 atom stereocenters. The Balaban J connectivity index is 2.25. The van der Waals surface area contributed by atoms with Crippen LogP contribution in [-0.2, 0) is 24.0 Å². The van der Waals surface area contributed by atoms with Crippen LogP contribution in [0.5, 0.6) is 0 Å². The minimum absolute atomic E-state index is 0.127. The van der Waals surface area contributed by atoms with Crippen molar-refractivity contribution in [3.05, 3.63) is 108 Å². The van der Waals surface area contributed by atoms with Crippen molar-refractivity contribution in [2.24, 2.45) is 0 Å². The third-order valence-electron chi connectivity index (χ3n) is 5.13. The summed E-state index contributed by atoms with van der Waals surface area (Å²) in [5, 5.41) is 44.4. The first-order valence-corrected chi connectivity index (χ1v) is 9.89. The van der Waals surface area contributed by atoms with Gasteiger partial charge in [0.1, 0.15) is 11.7 Å². The van der Waals surface area contributed by atoms with Gasteiger partial charge >= 0.3 is 0 Å². The molecule has 0 fully saturated rings. The first kappa shape index (κ1) is 18.9. The molecule has 0 bridgehead atoms. The Labute approximate surface area is 186 Å². The van der Waals surface area contributed by atoms with E-state index in [0.717, 1.165) is 0 Å². The summed E-state index contributed by atoms with van der Waals surface area (Å²) >= 11 is 0. The molecule has 0 aliphatic rings. The SMILES string of the molecule is [2H]C(C(=O)[C@](O)(C([2H])c1ccccc1)[C@](O)(C([2H])c1ccccc1)[C@H](O)CO)c1ccccc1. The first-order valence-electron chi connectivity index (χ1n) is 11.6. The molecule has 3 unspecified atom stereocenters. The Morgan fingerprint density at radius 3 is 1.65 bits per heavy atom. The van der Waals surface area contributed by atoms with Crippen molar-refractivity contribution < 1.29 is 29.3 Å². The number of benzene rings is 3. The van der Waals surface area contributed by atoms with Gasteiger partial charge in [0.05, 0.1) is 6.61 Å². The van der Waals surface area contributed by atoms with E-state index >= 15 is 0 Å². The number of carbonyl (C=O) groups is 1. The van der Waals surface area contributed by atoms with Crippen LogP contribution in [0.3, 0.4) is 0 Å². The Bertz CT molecular complexity index is 1070. The van der Waals surface area contributed by atoms with E-state index in [0.29, 0.717) is 0 Å². The van der Waals surface area contributed by atoms with E-state index < -0.39 is 48.9 Å². The second kappa shape index (κ2) is 9.98. The number of hydrogen-bond acceptors (Lipinski definition) is 5. The average Bonchev–Trinajstić information content (AvgIpc) is 2.91. The maximum atomic E-state index is 13.8. The molecule has 0 aliphatic carbocycles. The third kappa shape index (κ3) is 5.09. The van der Waals surface area contributed by atoms with Gasteiger partial charge < -0.3 is 20.4 Å². The quantitative estimate of drug-likeness (QED) is 0.400. The fraction of sp³-hybridized carbons (Fsp3) is 0.269. The summed E-state index contributed by atoms with van der Waals surface area (Å²) in [6, 6.07) is 23.4. The van der Waals surface area contributed by atoms with Crippen molar-refractivity contribution >= 4 is 5.78 Å². The summed E-state index contributed by atoms with van der Waals surface area (Å²) in [5.74, 6) is -1.27. The highest BCUT2D eigenvalue weighted by Crippen LogP contribution is 2.35. The lowest BCUT2D eigenvalue weighted by molar-refractivity contribution is -0.209. The topological polar surface area (TPSA) is 98.0 Å². The summed E-state index contributed by atoms with van der Waals surface area (Å²) in [5.41, 5.74) is -5.72. The number of hydrogen-bond donors (Lipinski definition) is 4. The van der Waals surface area contributed by atoms with Gasteiger partial charge in [-0.05, 0) is 16.7 Å². The molecule has 0 aliphatic heterocycles. The van der Waals surface area contributed by atoms with Crippen LogP contribution >= 0.6 is 0 Å². The van der Waals surface area contributed by atoms with Crippen LogP contribution < -0.4 is 0 Å². The van der Waals surface area contributed by atoms with E-state index in [9.17, 15) is 25.2 Å². The smallest absolute Gasteiger partial charge is 0.172 e. The van der Waals surface area contributed by atoms with E-state index in [1.807, 2.05) is 0 Å². The van der Waals surface area contributed by atoms with E-state index in [4.69, 9.17) is 4.11 Å². The van der Waals surface area contributed by atoms with Crippen LogP contribution in [0.2, 0.25) is 0 Å². The van der Waals surface area contributed by atoms with Gasteiger partial charge in [0.2, 0.25) is 0 Å². The Morgan fingerprint density at radius 1 is 0.774 bits per heavy atom. The lowest BCUT2D eigenvalue weighted by atomic mass is 9.68. The van der Waals surface area contributed by atoms with Crippen LogP contribution in [0.15, 0.2) is 91.0 Å². The third-order valence-corrected chi connectivity index (χ3v) is 5.13. The highest BCUT2D eigenvalue weighted by atomic mass is 16.4. The lowest BCUT2D eigenvalue weighted by Gasteiger charge is -2.45.